The molecule has 0 aromatic heterocycles. The van der Waals surface area contributed by atoms with Crippen molar-refractivity contribution in [1.29, 1.82) is 0 Å². The van der Waals surface area contributed by atoms with Gasteiger partial charge in [-0.1, -0.05) is 40.7 Å². The van der Waals surface area contributed by atoms with Gasteiger partial charge < -0.3 is 9.47 Å². The molecule has 0 aromatic rings. The summed E-state index contributed by atoms with van der Waals surface area (Å²) in [5.74, 6) is 2.07. The van der Waals surface area contributed by atoms with Crippen LogP contribution in [0.25, 0.3) is 0 Å². The maximum Gasteiger partial charge on any atom is 0.509 e. The van der Waals surface area contributed by atoms with Gasteiger partial charge in [-0.3, -0.25) is 0 Å². The Labute approximate surface area is 84.9 Å². The Morgan fingerprint density at radius 1 is 1.42 bits per heavy atom. The van der Waals surface area contributed by atoms with Crippen molar-refractivity contribution in [3.8, 4) is 12.3 Å². The van der Waals surface area contributed by atoms with Gasteiger partial charge in [0.05, 0.1) is 0 Å². The van der Waals surface area contributed by atoms with Crippen LogP contribution in [0.1, 0.15) is 0 Å². The van der Waals surface area contributed by atoms with Gasteiger partial charge in [0.15, 0.2) is 6.61 Å². The van der Waals surface area contributed by atoms with Crippen LogP contribution in [0.15, 0.2) is 0 Å². The lowest BCUT2D eigenvalue weighted by Gasteiger charge is -2.10. The van der Waals surface area contributed by atoms with Gasteiger partial charge in [-0.25, -0.2) is 4.79 Å². The van der Waals surface area contributed by atoms with E-state index in [0.29, 0.717) is 0 Å². The van der Waals surface area contributed by atoms with Gasteiger partial charge in [-0.15, -0.1) is 6.42 Å². The Bertz CT molecular complexity index is 191. The van der Waals surface area contributed by atoms with Crippen LogP contribution in [0, 0.1) is 12.3 Å². The van der Waals surface area contributed by atoms with E-state index in [1.54, 1.807) is 0 Å². The van der Waals surface area contributed by atoms with E-state index in [2.05, 4.69) is 15.4 Å². The van der Waals surface area contributed by atoms with Gasteiger partial charge in [0, 0.05) is 0 Å². The SMILES string of the molecule is C#CCOC(=O)OCC(Cl)(Cl)Cl. The minimum atomic E-state index is -1.63. The van der Waals surface area contributed by atoms with Crippen molar-refractivity contribution in [3.63, 3.8) is 0 Å². The lowest BCUT2D eigenvalue weighted by atomic mass is 10.8. The van der Waals surface area contributed by atoms with Crippen LogP contribution in [-0.4, -0.2) is 23.2 Å². The minimum absolute atomic E-state index is 0.168. The van der Waals surface area contributed by atoms with Crippen molar-refractivity contribution in [2.45, 2.75) is 3.79 Å². The fourth-order valence-corrected chi connectivity index (χ4v) is 0.447. The van der Waals surface area contributed by atoms with Crippen molar-refractivity contribution in [1.82, 2.24) is 0 Å². The summed E-state index contributed by atoms with van der Waals surface area (Å²) in [4.78, 5) is 10.5. The molecule has 0 aliphatic carbocycles. The monoisotopic (exact) mass is 230 g/mol. The molecule has 0 aromatic carbocycles. The zero-order valence-electron chi connectivity index (χ0n) is 5.85. The quantitative estimate of drug-likeness (QED) is 0.415. The van der Waals surface area contributed by atoms with E-state index < -0.39 is 9.95 Å². The third-order valence-electron chi connectivity index (χ3n) is 0.627. The summed E-state index contributed by atoms with van der Waals surface area (Å²) in [7, 11) is 0. The van der Waals surface area contributed by atoms with Crippen LogP contribution < -0.4 is 0 Å². The highest BCUT2D eigenvalue weighted by Gasteiger charge is 2.22. The first-order chi connectivity index (χ1) is 5.45. The van der Waals surface area contributed by atoms with E-state index >= 15 is 0 Å². The molecule has 12 heavy (non-hydrogen) atoms. The molecule has 0 spiro atoms. The number of alkyl halides is 3. The number of hydrogen-bond acceptors (Lipinski definition) is 3. The van der Waals surface area contributed by atoms with Gasteiger partial charge in [0.1, 0.15) is 6.61 Å². The van der Waals surface area contributed by atoms with E-state index in [1.165, 1.54) is 0 Å². The number of terminal acetylenes is 1. The lowest BCUT2D eigenvalue weighted by Crippen LogP contribution is -2.18. The molecule has 6 heteroatoms. The Balaban J connectivity index is 3.53. The first-order valence-corrected chi connectivity index (χ1v) is 3.89. The molecule has 0 saturated heterocycles. The standard InChI is InChI=1S/C6H5Cl3O3/c1-2-3-11-5(10)12-4-6(7,8)9/h1H,3-4H2. The summed E-state index contributed by atoms with van der Waals surface area (Å²) >= 11 is 15.8. The fraction of sp³-hybridized carbons (Fsp3) is 0.500. The predicted octanol–water partition coefficient (Wildman–Crippen LogP) is 2.14. The Morgan fingerprint density at radius 3 is 2.42 bits per heavy atom. The lowest BCUT2D eigenvalue weighted by molar-refractivity contribution is 0.0660. The maximum absolute atomic E-state index is 10.5. The average molecular weight is 231 g/mol. The highest BCUT2D eigenvalue weighted by atomic mass is 35.6. The molecule has 0 aliphatic rings. The van der Waals surface area contributed by atoms with E-state index in [1.807, 2.05) is 0 Å². The molecule has 0 fully saturated rings. The number of halogens is 3. The van der Waals surface area contributed by atoms with Gasteiger partial charge in [-0.05, 0) is 0 Å². The molecule has 0 aliphatic heterocycles. The predicted molar refractivity (Wildman–Crippen MR) is 46.4 cm³/mol. The Hall–Kier alpha value is -0.300. The van der Waals surface area contributed by atoms with Gasteiger partial charge >= 0.3 is 6.16 Å². The fourth-order valence-electron chi connectivity index (χ4n) is 0.283. The molecule has 68 valence electrons. The molecule has 0 atom stereocenters. The van der Waals surface area contributed by atoms with Crippen LogP contribution >= 0.6 is 34.8 Å². The average Bonchev–Trinajstić information content (AvgIpc) is 1.95. The molecule has 0 radical (unpaired) electrons. The van der Waals surface area contributed by atoms with E-state index in [4.69, 9.17) is 41.2 Å². The van der Waals surface area contributed by atoms with Crippen LogP contribution in [0.2, 0.25) is 0 Å². The number of rotatable bonds is 2. The summed E-state index contributed by atoms with van der Waals surface area (Å²) in [6, 6.07) is 0. The molecule has 0 rings (SSSR count). The highest BCUT2D eigenvalue weighted by Crippen LogP contribution is 2.25. The molecule has 0 unspecified atom stereocenters. The minimum Gasteiger partial charge on any atom is -0.430 e. The van der Waals surface area contributed by atoms with Gasteiger partial charge in [-0.2, -0.15) is 0 Å². The molecule has 3 nitrogen and oxygen atoms in total. The normalized spacial score (nSPS) is 10.2. The van der Waals surface area contributed by atoms with Crippen molar-refractivity contribution < 1.29 is 14.3 Å². The van der Waals surface area contributed by atoms with Crippen molar-refractivity contribution in [2.75, 3.05) is 13.2 Å². The van der Waals surface area contributed by atoms with E-state index in [9.17, 15) is 4.79 Å². The summed E-state index contributed by atoms with van der Waals surface area (Å²) in [6.45, 7) is -0.542. The van der Waals surface area contributed by atoms with Crippen molar-refractivity contribution >= 4 is 41.0 Å². The number of carbonyl (C=O) groups is 1. The highest BCUT2D eigenvalue weighted by molar-refractivity contribution is 6.67. The summed E-state index contributed by atoms with van der Waals surface area (Å²) in [5.41, 5.74) is 0. The second kappa shape index (κ2) is 5.36. The zero-order valence-corrected chi connectivity index (χ0v) is 8.12. The number of hydrogen-bond donors (Lipinski definition) is 0. The molecule has 0 bridgehead atoms. The van der Waals surface area contributed by atoms with E-state index in [0.717, 1.165) is 0 Å². The van der Waals surface area contributed by atoms with Crippen molar-refractivity contribution in [3.05, 3.63) is 0 Å². The van der Waals surface area contributed by atoms with Crippen molar-refractivity contribution in [2.24, 2.45) is 0 Å². The molecular formula is C6H5Cl3O3. The van der Waals surface area contributed by atoms with Crippen LogP contribution in [0.3, 0.4) is 0 Å². The van der Waals surface area contributed by atoms with Gasteiger partial charge in [0.2, 0.25) is 3.79 Å². The Morgan fingerprint density at radius 2 is 2.00 bits per heavy atom. The summed E-state index contributed by atoms with van der Waals surface area (Å²) in [6.07, 6.45) is 3.84. The van der Waals surface area contributed by atoms with E-state index in [-0.39, 0.29) is 13.2 Å². The number of carbonyl (C=O) groups excluding carboxylic acids is 1. The first kappa shape index (κ1) is 11.7. The smallest absolute Gasteiger partial charge is 0.430 e. The topological polar surface area (TPSA) is 35.5 Å². The molecule has 0 heterocycles. The zero-order chi connectivity index (χ0) is 9.61. The van der Waals surface area contributed by atoms with Crippen LogP contribution in [0.5, 0.6) is 0 Å². The molecular weight excluding hydrogens is 226 g/mol. The summed E-state index contributed by atoms with van der Waals surface area (Å²) in [5, 5.41) is 0. The third-order valence-corrected chi connectivity index (χ3v) is 0.954. The number of ether oxygens (including phenoxy) is 2. The molecule has 0 saturated carbocycles. The van der Waals surface area contributed by atoms with Crippen LogP contribution in [0.4, 0.5) is 4.79 Å². The van der Waals surface area contributed by atoms with Crippen LogP contribution in [-0.2, 0) is 9.47 Å². The largest absolute Gasteiger partial charge is 0.509 e. The molecule has 0 amide bonds. The molecule has 0 N–H and O–H groups in total. The van der Waals surface area contributed by atoms with Gasteiger partial charge in [0.25, 0.3) is 0 Å². The second-order valence-electron chi connectivity index (χ2n) is 1.65. The summed E-state index contributed by atoms with van der Waals surface area (Å²) < 4.78 is 7.04. The second-order valence-corrected chi connectivity index (χ2v) is 4.16. The maximum atomic E-state index is 10.5. The first-order valence-electron chi connectivity index (χ1n) is 2.75. The third kappa shape index (κ3) is 7.80. The Kier molecular flexibility index (Phi) is 5.23.